The standard InChI is InChI=1S/C10H12ClFO3/c11-9-2-1-8(7-10(9)12)15-6-5-14-4-3-13/h1-2,7,13H,3-6H2. The molecule has 0 amide bonds. The maximum atomic E-state index is 12.9. The van der Waals surface area contributed by atoms with E-state index in [1.807, 2.05) is 0 Å². The fraction of sp³-hybridized carbons (Fsp3) is 0.400. The van der Waals surface area contributed by atoms with Crippen LogP contribution in [0, 0.1) is 5.82 Å². The van der Waals surface area contributed by atoms with Crippen LogP contribution in [0.15, 0.2) is 18.2 Å². The Morgan fingerprint density at radius 2 is 2.07 bits per heavy atom. The van der Waals surface area contributed by atoms with Crippen molar-refractivity contribution < 1.29 is 19.0 Å². The van der Waals surface area contributed by atoms with Gasteiger partial charge in [-0.25, -0.2) is 4.39 Å². The summed E-state index contributed by atoms with van der Waals surface area (Å²) in [5.74, 6) is -0.102. The first-order valence-corrected chi connectivity index (χ1v) is 4.88. The van der Waals surface area contributed by atoms with Crippen LogP contribution in [0.3, 0.4) is 0 Å². The minimum Gasteiger partial charge on any atom is -0.491 e. The molecule has 1 aromatic rings. The molecule has 0 aliphatic carbocycles. The van der Waals surface area contributed by atoms with E-state index in [2.05, 4.69) is 0 Å². The van der Waals surface area contributed by atoms with Gasteiger partial charge in [0.25, 0.3) is 0 Å². The quantitative estimate of drug-likeness (QED) is 0.764. The number of benzene rings is 1. The molecule has 0 heterocycles. The fourth-order valence-electron chi connectivity index (χ4n) is 0.952. The molecule has 0 saturated heterocycles. The highest BCUT2D eigenvalue weighted by Gasteiger charge is 2.01. The SMILES string of the molecule is OCCOCCOc1ccc(Cl)c(F)c1. The predicted octanol–water partition coefficient (Wildman–Crippen LogP) is 1.87. The number of ether oxygens (including phenoxy) is 2. The summed E-state index contributed by atoms with van der Waals surface area (Å²) in [6.07, 6.45) is 0. The van der Waals surface area contributed by atoms with Gasteiger partial charge in [-0.3, -0.25) is 0 Å². The van der Waals surface area contributed by atoms with Gasteiger partial charge in [0.2, 0.25) is 0 Å². The Labute approximate surface area is 92.4 Å². The Morgan fingerprint density at radius 1 is 1.27 bits per heavy atom. The van der Waals surface area contributed by atoms with Crippen LogP contribution >= 0.6 is 11.6 Å². The maximum absolute atomic E-state index is 12.9. The topological polar surface area (TPSA) is 38.7 Å². The van der Waals surface area contributed by atoms with Crippen LogP contribution in [-0.4, -0.2) is 31.5 Å². The van der Waals surface area contributed by atoms with Crippen LogP contribution in [0.2, 0.25) is 5.02 Å². The smallest absolute Gasteiger partial charge is 0.145 e. The minimum atomic E-state index is -0.509. The Morgan fingerprint density at radius 3 is 2.73 bits per heavy atom. The van der Waals surface area contributed by atoms with Gasteiger partial charge in [0, 0.05) is 6.07 Å². The van der Waals surface area contributed by atoms with Gasteiger partial charge >= 0.3 is 0 Å². The molecule has 5 heteroatoms. The molecule has 0 aliphatic heterocycles. The average Bonchev–Trinajstić information content (AvgIpc) is 2.23. The molecule has 84 valence electrons. The van der Waals surface area contributed by atoms with Gasteiger partial charge < -0.3 is 14.6 Å². The first-order chi connectivity index (χ1) is 7.24. The Bertz CT molecular complexity index is 307. The van der Waals surface area contributed by atoms with Gasteiger partial charge in [-0.1, -0.05) is 11.6 Å². The summed E-state index contributed by atoms with van der Waals surface area (Å²) in [6, 6.07) is 4.23. The second kappa shape index (κ2) is 6.61. The second-order valence-corrected chi connectivity index (χ2v) is 3.17. The monoisotopic (exact) mass is 234 g/mol. The summed E-state index contributed by atoms with van der Waals surface area (Å²) in [5.41, 5.74) is 0. The first kappa shape index (κ1) is 12.2. The van der Waals surface area contributed by atoms with Crippen molar-refractivity contribution in [2.24, 2.45) is 0 Å². The number of hydrogen-bond acceptors (Lipinski definition) is 3. The van der Waals surface area contributed by atoms with E-state index < -0.39 is 5.82 Å². The molecule has 0 fully saturated rings. The van der Waals surface area contributed by atoms with E-state index in [1.54, 1.807) is 6.07 Å². The molecule has 3 nitrogen and oxygen atoms in total. The third-order valence-corrected chi connectivity index (χ3v) is 1.93. The lowest BCUT2D eigenvalue weighted by Crippen LogP contribution is -2.09. The van der Waals surface area contributed by atoms with Crippen LogP contribution in [0.5, 0.6) is 5.75 Å². The first-order valence-electron chi connectivity index (χ1n) is 4.50. The molecule has 0 aliphatic rings. The Balaban J connectivity index is 2.28. The van der Waals surface area contributed by atoms with Crippen molar-refractivity contribution in [1.29, 1.82) is 0 Å². The Hall–Kier alpha value is -0.840. The summed E-state index contributed by atoms with van der Waals surface area (Å²) in [4.78, 5) is 0. The molecular weight excluding hydrogens is 223 g/mol. The van der Waals surface area contributed by atoms with Crippen LogP contribution in [0.4, 0.5) is 4.39 Å². The van der Waals surface area contributed by atoms with Crippen molar-refractivity contribution in [2.75, 3.05) is 26.4 Å². The Kier molecular flexibility index (Phi) is 5.39. The van der Waals surface area contributed by atoms with Gasteiger partial charge in [-0.2, -0.15) is 0 Å². The molecule has 0 spiro atoms. The van der Waals surface area contributed by atoms with E-state index in [4.69, 9.17) is 26.2 Å². The molecule has 1 N–H and O–H groups in total. The lowest BCUT2D eigenvalue weighted by atomic mass is 10.3. The summed E-state index contributed by atoms with van der Waals surface area (Å²) in [7, 11) is 0. The van der Waals surface area contributed by atoms with Crippen LogP contribution in [0.1, 0.15) is 0 Å². The summed E-state index contributed by atoms with van der Waals surface area (Å²) >= 11 is 5.50. The number of hydrogen-bond donors (Lipinski definition) is 1. The van der Waals surface area contributed by atoms with Crippen LogP contribution in [0.25, 0.3) is 0 Å². The second-order valence-electron chi connectivity index (χ2n) is 2.76. The summed E-state index contributed by atoms with van der Waals surface area (Å²) in [6.45, 7) is 0.916. The van der Waals surface area contributed by atoms with Gasteiger partial charge in [0.1, 0.15) is 18.2 Å². The van der Waals surface area contributed by atoms with Crippen molar-refractivity contribution in [3.8, 4) is 5.75 Å². The molecule has 1 rings (SSSR count). The van der Waals surface area contributed by atoms with Crippen molar-refractivity contribution in [2.45, 2.75) is 0 Å². The highest BCUT2D eigenvalue weighted by Crippen LogP contribution is 2.20. The van der Waals surface area contributed by atoms with E-state index in [9.17, 15) is 4.39 Å². The van der Waals surface area contributed by atoms with Crippen molar-refractivity contribution in [3.63, 3.8) is 0 Å². The van der Waals surface area contributed by atoms with Crippen molar-refractivity contribution >= 4 is 11.6 Å². The van der Waals surface area contributed by atoms with E-state index in [1.165, 1.54) is 12.1 Å². The van der Waals surface area contributed by atoms with Gasteiger partial charge in [-0.15, -0.1) is 0 Å². The summed E-state index contributed by atoms with van der Waals surface area (Å²) < 4.78 is 23.1. The molecule has 0 atom stereocenters. The van der Waals surface area contributed by atoms with Gasteiger partial charge in [-0.05, 0) is 12.1 Å². The molecule has 1 aromatic carbocycles. The third-order valence-electron chi connectivity index (χ3n) is 1.62. The minimum absolute atomic E-state index is 0.0183. The zero-order valence-electron chi connectivity index (χ0n) is 8.08. The number of rotatable bonds is 6. The molecule has 0 radical (unpaired) electrons. The average molecular weight is 235 g/mol. The normalized spacial score (nSPS) is 10.3. The molecule has 0 bridgehead atoms. The van der Waals surface area contributed by atoms with Gasteiger partial charge in [0.05, 0.1) is 24.8 Å². The van der Waals surface area contributed by atoms with E-state index in [0.717, 1.165) is 0 Å². The van der Waals surface area contributed by atoms with Crippen LogP contribution < -0.4 is 4.74 Å². The highest BCUT2D eigenvalue weighted by atomic mass is 35.5. The fourth-order valence-corrected chi connectivity index (χ4v) is 1.07. The van der Waals surface area contributed by atoms with Crippen molar-refractivity contribution in [3.05, 3.63) is 29.0 Å². The molecular formula is C10H12ClFO3. The van der Waals surface area contributed by atoms with E-state index in [-0.39, 0.29) is 18.2 Å². The predicted molar refractivity (Wildman–Crippen MR) is 54.8 cm³/mol. The number of halogens is 2. The van der Waals surface area contributed by atoms with Crippen LogP contribution in [-0.2, 0) is 4.74 Å². The lowest BCUT2D eigenvalue weighted by Gasteiger charge is -2.06. The maximum Gasteiger partial charge on any atom is 0.145 e. The lowest BCUT2D eigenvalue weighted by molar-refractivity contribution is 0.0704. The zero-order valence-corrected chi connectivity index (χ0v) is 8.84. The largest absolute Gasteiger partial charge is 0.491 e. The van der Waals surface area contributed by atoms with E-state index >= 15 is 0 Å². The number of aliphatic hydroxyl groups excluding tert-OH is 1. The van der Waals surface area contributed by atoms with Gasteiger partial charge in [0.15, 0.2) is 0 Å². The number of aliphatic hydroxyl groups is 1. The van der Waals surface area contributed by atoms with Crippen molar-refractivity contribution in [1.82, 2.24) is 0 Å². The molecule has 0 aromatic heterocycles. The third kappa shape index (κ3) is 4.46. The highest BCUT2D eigenvalue weighted by molar-refractivity contribution is 6.30. The molecule has 0 unspecified atom stereocenters. The van der Waals surface area contributed by atoms with E-state index in [0.29, 0.717) is 19.0 Å². The zero-order chi connectivity index (χ0) is 11.1. The molecule has 0 saturated carbocycles. The molecule has 15 heavy (non-hydrogen) atoms. The summed E-state index contributed by atoms with van der Waals surface area (Å²) in [5, 5.41) is 8.49.